The monoisotopic (exact) mass is 276 g/mol. The second-order valence-corrected chi connectivity index (χ2v) is 6.16. The Hall–Kier alpha value is -0.900. The molecule has 0 radical (unpaired) electrons. The van der Waals surface area contributed by atoms with Gasteiger partial charge >= 0.3 is 0 Å². The highest BCUT2D eigenvalue weighted by atomic mass is 16.5. The lowest BCUT2D eigenvalue weighted by Gasteiger charge is -2.44. The minimum absolute atomic E-state index is 0.136. The highest BCUT2D eigenvalue weighted by Crippen LogP contribution is 2.34. The first-order valence-electron chi connectivity index (χ1n) is 7.58. The van der Waals surface area contributed by atoms with Crippen LogP contribution in [0.15, 0.2) is 24.3 Å². The standard InChI is InChI=1S/C17H24O3/c1-11-13(3)20-16-10-18-8-14-6-4-5-7-15(14)9-19-17(11)12(16)2/h4-7,11-13,16-17H,8-10H2,1-3H3/t11-,12-,13?,16?,17?/m1/s1. The third-order valence-corrected chi connectivity index (χ3v) is 4.84. The molecule has 110 valence electrons. The van der Waals surface area contributed by atoms with Crippen LogP contribution in [0.2, 0.25) is 0 Å². The summed E-state index contributed by atoms with van der Waals surface area (Å²) in [6.45, 7) is 8.53. The van der Waals surface area contributed by atoms with E-state index in [-0.39, 0.29) is 18.3 Å². The lowest BCUT2D eigenvalue weighted by molar-refractivity contribution is -0.195. The number of rotatable bonds is 0. The first-order chi connectivity index (χ1) is 9.66. The van der Waals surface area contributed by atoms with Gasteiger partial charge in [0, 0.05) is 11.8 Å². The van der Waals surface area contributed by atoms with Gasteiger partial charge in [-0.1, -0.05) is 38.1 Å². The van der Waals surface area contributed by atoms with Crippen LogP contribution in [-0.4, -0.2) is 24.9 Å². The van der Waals surface area contributed by atoms with E-state index >= 15 is 0 Å². The van der Waals surface area contributed by atoms with Crippen LogP contribution in [0.1, 0.15) is 31.9 Å². The Morgan fingerprint density at radius 3 is 2.40 bits per heavy atom. The van der Waals surface area contributed by atoms with Crippen molar-refractivity contribution in [2.24, 2.45) is 11.8 Å². The van der Waals surface area contributed by atoms with Crippen LogP contribution in [0.25, 0.3) is 0 Å². The Balaban J connectivity index is 1.86. The zero-order valence-corrected chi connectivity index (χ0v) is 12.5. The molecule has 2 aliphatic rings. The van der Waals surface area contributed by atoms with Gasteiger partial charge in [-0.05, 0) is 18.1 Å². The predicted molar refractivity (Wildman–Crippen MR) is 77.3 cm³/mol. The van der Waals surface area contributed by atoms with E-state index in [9.17, 15) is 0 Å². The molecule has 2 aliphatic heterocycles. The maximum atomic E-state index is 6.28. The molecule has 3 rings (SSSR count). The fourth-order valence-electron chi connectivity index (χ4n) is 3.29. The molecule has 0 N–H and O–H groups in total. The van der Waals surface area contributed by atoms with E-state index in [4.69, 9.17) is 14.2 Å². The zero-order chi connectivity index (χ0) is 14.1. The van der Waals surface area contributed by atoms with Gasteiger partial charge in [-0.15, -0.1) is 0 Å². The van der Waals surface area contributed by atoms with E-state index in [0.29, 0.717) is 31.7 Å². The van der Waals surface area contributed by atoms with Crippen LogP contribution in [-0.2, 0) is 27.4 Å². The van der Waals surface area contributed by atoms with Crippen molar-refractivity contribution in [3.8, 4) is 0 Å². The molecule has 3 heteroatoms. The van der Waals surface area contributed by atoms with Gasteiger partial charge in [0.2, 0.25) is 0 Å². The smallest absolute Gasteiger partial charge is 0.0862 e. The highest BCUT2D eigenvalue weighted by Gasteiger charge is 2.40. The van der Waals surface area contributed by atoms with Gasteiger partial charge in [0.15, 0.2) is 0 Å². The fraction of sp³-hybridized carbons (Fsp3) is 0.647. The molecular formula is C17H24O3. The summed E-state index contributed by atoms with van der Waals surface area (Å²) >= 11 is 0. The van der Waals surface area contributed by atoms with Gasteiger partial charge in [0.1, 0.15) is 0 Å². The lowest BCUT2D eigenvalue weighted by atomic mass is 9.83. The van der Waals surface area contributed by atoms with Gasteiger partial charge in [-0.2, -0.15) is 0 Å². The van der Waals surface area contributed by atoms with Crippen LogP contribution < -0.4 is 0 Å². The van der Waals surface area contributed by atoms with Crippen molar-refractivity contribution < 1.29 is 14.2 Å². The Morgan fingerprint density at radius 1 is 0.950 bits per heavy atom. The van der Waals surface area contributed by atoms with Crippen molar-refractivity contribution in [3.05, 3.63) is 35.4 Å². The molecule has 0 aromatic heterocycles. The molecule has 1 fully saturated rings. The summed E-state index contributed by atoms with van der Waals surface area (Å²) in [6, 6.07) is 8.37. The first kappa shape index (κ1) is 14.1. The molecule has 0 amide bonds. The average Bonchev–Trinajstić information content (AvgIpc) is 2.45. The number of fused-ring (bicyclic) bond motifs is 3. The van der Waals surface area contributed by atoms with Crippen LogP contribution in [0.3, 0.4) is 0 Å². The van der Waals surface area contributed by atoms with Gasteiger partial charge in [0.25, 0.3) is 0 Å². The van der Waals surface area contributed by atoms with E-state index in [0.717, 1.165) is 0 Å². The molecular weight excluding hydrogens is 252 g/mol. The average molecular weight is 276 g/mol. The van der Waals surface area contributed by atoms with E-state index in [1.54, 1.807) is 0 Å². The zero-order valence-electron chi connectivity index (χ0n) is 12.5. The van der Waals surface area contributed by atoms with Gasteiger partial charge < -0.3 is 14.2 Å². The predicted octanol–water partition coefficient (Wildman–Crippen LogP) is 3.16. The van der Waals surface area contributed by atoms with Crippen LogP contribution >= 0.6 is 0 Å². The number of hydrogen-bond donors (Lipinski definition) is 0. The topological polar surface area (TPSA) is 27.7 Å². The molecule has 3 unspecified atom stereocenters. The summed E-state index contributed by atoms with van der Waals surface area (Å²) in [4.78, 5) is 0. The Kier molecular flexibility index (Phi) is 4.11. The van der Waals surface area contributed by atoms with Crippen molar-refractivity contribution in [2.45, 2.75) is 52.3 Å². The number of hydrogen-bond acceptors (Lipinski definition) is 3. The fourth-order valence-corrected chi connectivity index (χ4v) is 3.29. The summed E-state index contributed by atoms with van der Waals surface area (Å²) < 4.78 is 18.3. The molecule has 1 saturated heterocycles. The quantitative estimate of drug-likeness (QED) is 0.728. The Labute approximate surface area is 121 Å². The van der Waals surface area contributed by atoms with Crippen molar-refractivity contribution >= 4 is 0 Å². The Morgan fingerprint density at radius 2 is 1.65 bits per heavy atom. The third-order valence-electron chi connectivity index (χ3n) is 4.84. The molecule has 3 nitrogen and oxygen atoms in total. The summed E-state index contributed by atoms with van der Waals surface area (Å²) in [5.74, 6) is 0.777. The largest absolute Gasteiger partial charge is 0.374 e. The molecule has 2 heterocycles. The Bertz CT molecular complexity index is 459. The second-order valence-electron chi connectivity index (χ2n) is 6.16. The van der Waals surface area contributed by atoms with E-state index in [1.165, 1.54) is 11.1 Å². The number of ether oxygens (including phenoxy) is 3. The molecule has 0 aliphatic carbocycles. The van der Waals surface area contributed by atoms with E-state index < -0.39 is 0 Å². The van der Waals surface area contributed by atoms with Gasteiger partial charge in [-0.25, -0.2) is 0 Å². The maximum Gasteiger partial charge on any atom is 0.0862 e. The second kappa shape index (κ2) is 5.84. The van der Waals surface area contributed by atoms with Crippen LogP contribution in [0.5, 0.6) is 0 Å². The van der Waals surface area contributed by atoms with E-state index in [2.05, 4.69) is 45.0 Å². The third kappa shape index (κ3) is 2.62. The maximum absolute atomic E-state index is 6.28. The normalized spacial score (nSPS) is 38.0. The summed E-state index contributed by atoms with van der Waals surface area (Å²) in [5, 5.41) is 0. The first-order valence-corrected chi connectivity index (χ1v) is 7.58. The molecule has 1 aromatic rings. The molecule has 0 saturated carbocycles. The summed E-state index contributed by atoms with van der Waals surface area (Å²) in [5.41, 5.74) is 2.46. The van der Waals surface area contributed by atoms with Crippen LogP contribution in [0.4, 0.5) is 0 Å². The van der Waals surface area contributed by atoms with Crippen molar-refractivity contribution in [1.29, 1.82) is 0 Å². The van der Waals surface area contributed by atoms with Crippen LogP contribution in [0, 0.1) is 11.8 Å². The minimum Gasteiger partial charge on any atom is -0.374 e. The van der Waals surface area contributed by atoms with Gasteiger partial charge in [0.05, 0.1) is 38.1 Å². The number of benzene rings is 1. The lowest BCUT2D eigenvalue weighted by Crippen LogP contribution is -2.50. The van der Waals surface area contributed by atoms with Crippen molar-refractivity contribution in [2.75, 3.05) is 6.61 Å². The SMILES string of the molecule is CC1OC2COCc3ccccc3COC([C@@H]1C)[C@@H]2C. The molecule has 0 spiro atoms. The highest BCUT2D eigenvalue weighted by molar-refractivity contribution is 5.26. The minimum atomic E-state index is 0.136. The summed E-state index contributed by atoms with van der Waals surface area (Å²) in [6.07, 6.45) is 0.592. The molecule has 5 atom stereocenters. The molecule has 1 aromatic carbocycles. The summed E-state index contributed by atoms with van der Waals surface area (Å²) in [7, 11) is 0. The van der Waals surface area contributed by atoms with E-state index in [1.807, 2.05) is 0 Å². The van der Waals surface area contributed by atoms with Crippen molar-refractivity contribution in [1.82, 2.24) is 0 Å². The van der Waals surface area contributed by atoms with Gasteiger partial charge in [-0.3, -0.25) is 0 Å². The molecule has 20 heavy (non-hydrogen) atoms. The van der Waals surface area contributed by atoms with Crippen molar-refractivity contribution in [3.63, 3.8) is 0 Å². The molecule has 2 bridgehead atoms.